The molecule has 0 unspecified atom stereocenters. The number of carboxylic acid groups (broad SMARTS) is 1. The standard InChI is InChI=1S/C18H11FN4O4/c19-11-1-3-12(4-2-11)27-13-5-6-15-14(7-13)16(24)22-18(21-15)23-9-10(8-20-23)17(25)26/h1-9H,(H,25,26)(H,21,22,24). The number of nitrogens with one attached hydrogen (secondary N) is 1. The van der Waals surface area contributed by atoms with Crippen LogP contribution in [0.4, 0.5) is 4.39 Å². The van der Waals surface area contributed by atoms with Gasteiger partial charge in [-0.25, -0.2) is 18.9 Å². The van der Waals surface area contributed by atoms with Crippen molar-refractivity contribution < 1.29 is 19.0 Å². The quantitative estimate of drug-likeness (QED) is 0.575. The van der Waals surface area contributed by atoms with E-state index in [2.05, 4.69) is 15.1 Å². The number of benzene rings is 2. The Labute approximate surface area is 150 Å². The van der Waals surface area contributed by atoms with Gasteiger partial charge in [0.2, 0.25) is 5.95 Å². The van der Waals surface area contributed by atoms with Gasteiger partial charge in [-0.1, -0.05) is 0 Å². The Morgan fingerprint density at radius 3 is 2.59 bits per heavy atom. The third-order valence-corrected chi connectivity index (χ3v) is 3.76. The molecule has 2 aromatic heterocycles. The zero-order valence-corrected chi connectivity index (χ0v) is 13.6. The van der Waals surface area contributed by atoms with E-state index >= 15 is 0 Å². The first kappa shape index (κ1) is 16.5. The molecule has 2 heterocycles. The molecule has 0 amide bonds. The number of fused-ring (bicyclic) bond motifs is 1. The Morgan fingerprint density at radius 2 is 1.89 bits per heavy atom. The Kier molecular flexibility index (Phi) is 3.88. The number of aromatic carboxylic acids is 1. The van der Waals surface area contributed by atoms with E-state index in [9.17, 15) is 14.0 Å². The third kappa shape index (κ3) is 3.25. The molecule has 0 spiro atoms. The van der Waals surface area contributed by atoms with Gasteiger partial charge in [0, 0.05) is 6.20 Å². The lowest BCUT2D eigenvalue weighted by Crippen LogP contribution is -2.14. The summed E-state index contributed by atoms with van der Waals surface area (Å²) < 4.78 is 19.7. The summed E-state index contributed by atoms with van der Waals surface area (Å²) in [4.78, 5) is 30.2. The van der Waals surface area contributed by atoms with Gasteiger partial charge in [-0.2, -0.15) is 5.10 Å². The molecule has 2 N–H and O–H groups in total. The Hall–Kier alpha value is -4.01. The summed E-state index contributed by atoms with van der Waals surface area (Å²) in [5, 5.41) is 13.1. The van der Waals surface area contributed by atoms with E-state index in [1.807, 2.05) is 0 Å². The molecule has 0 saturated carbocycles. The van der Waals surface area contributed by atoms with Gasteiger partial charge in [0.25, 0.3) is 5.56 Å². The van der Waals surface area contributed by atoms with Crippen LogP contribution in [0.3, 0.4) is 0 Å². The average Bonchev–Trinajstić information content (AvgIpc) is 3.14. The molecular weight excluding hydrogens is 355 g/mol. The first-order valence-corrected chi connectivity index (χ1v) is 7.75. The fourth-order valence-corrected chi connectivity index (χ4v) is 2.47. The number of hydrogen-bond donors (Lipinski definition) is 2. The van der Waals surface area contributed by atoms with Crippen molar-refractivity contribution >= 4 is 16.9 Å². The van der Waals surface area contributed by atoms with Crippen LogP contribution < -0.4 is 10.3 Å². The number of carboxylic acids is 1. The molecule has 9 heteroatoms. The van der Waals surface area contributed by atoms with Crippen molar-refractivity contribution in [1.82, 2.24) is 19.7 Å². The van der Waals surface area contributed by atoms with E-state index in [-0.39, 0.29) is 22.7 Å². The van der Waals surface area contributed by atoms with Gasteiger partial charge in [0.15, 0.2) is 0 Å². The molecule has 4 rings (SSSR count). The number of nitrogens with zero attached hydrogens (tertiary/aromatic N) is 3. The summed E-state index contributed by atoms with van der Waals surface area (Å²) >= 11 is 0. The monoisotopic (exact) mass is 366 g/mol. The topological polar surface area (TPSA) is 110 Å². The first-order chi connectivity index (χ1) is 13.0. The molecule has 0 aliphatic heterocycles. The molecule has 0 fully saturated rings. The van der Waals surface area contributed by atoms with Gasteiger partial charge >= 0.3 is 5.97 Å². The highest BCUT2D eigenvalue weighted by molar-refractivity contribution is 5.87. The van der Waals surface area contributed by atoms with Gasteiger partial charge < -0.3 is 9.84 Å². The van der Waals surface area contributed by atoms with E-state index in [1.54, 1.807) is 12.1 Å². The first-order valence-electron chi connectivity index (χ1n) is 7.75. The summed E-state index contributed by atoms with van der Waals surface area (Å²) in [5.41, 5.74) is -0.0831. The van der Waals surface area contributed by atoms with Crippen molar-refractivity contribution in [1.29, 1.82) is 0 Å². The molecule has 2 aromatic carbocycles. The van der Waals surface area contributed by atoms with Crippen LogP contribution in [-0.4, -0.2) is 30.8 Å². The number of aromatic nitrogens is 4. The fraction of sp³-hybridized carbons (Fsp3) is 0. The highest BCUT2D eigenvalue weighted by Gasteiger charge is 2.11. The van der Waals surface area contributed by atoms with Crippen molar-refractivity contribution in [2.75, 3.05) is 0 Å². The second-order valence-corrected chi connectivity index (χ2v) is 5.60. The van der Waals surface area contributed by atoms with Gasteiger partial charge in [0.05, 0.1) is 22.7 Å². The lowest BCUT2D eigenvalue weighted by atomic mass is 10.2. The van der Waals surface area contributed by atoms with Crippen molar-refractivity contribution in [2.24, 2.45) is 0 Å². The average molecular weight is 366 g/mol. The van der Waals surface area contributed by atoms with Crippen molar-refractivity contribution in [2.45, 2.75) is 0 Å². The summed E-state index contributed by atoms with van der Waals surface area (Å²) in [7, 11) is 0. The van der Waals surface area contributed by atoms with Crippen molar-refractivity contribution in [3.05, 3.63) is 76.6 Å². The number of rotatable bonds is 4. The largest absolute Gasteiger partial charge is 0.478 e. The van der Waals surface area contributed by atoms with Gasteiger partial charge in [0.1, 0.15) is 17.3 Å². The fourth-order valence-electron chi connectivity index (χ4n) is 2.47. The predicted octanol–water partition coefficient (Wildman–Crippen LogP) is 2.74. The second-order valence-electron chi connectivity index (χ2n) is 5.60. The van der Waals surface area contributed by atoms with E-state index < -0.39 is 11.5 Å². The number of H-pyrrole nitrogens is 1. The minimum absolute atomic E-state index is 0.0270. The molecule has 134 valence electrons. The minimum atomic E-state index is -1.13. The SMILES string of the molecule is O=C(O)c1cnn(-c2nc3ccc(Oc4ccc(F)cc4)cc3c(=O)[nH]2)c1. The summed E-state index contributed by atoms with van der Waals surface area (Å²) in [6.07, 6.45) is 2.41. The van der Waals surface area contributed by atoms with Gasteiger partial charge in [-0.3, -0.25) is 9.78 Å². The Morgan fingerprint density at radius 1 is 1.15 bits per heavy atom. The highest BCUT2D eigenvalue weighted by atomic mass is 19.1. The molecule has 0 radical (unpaired) electrons. The molecule has 0 aliphatic carbocycles. The van der Waals surface area contributed by atoms with Crippen LogP contribution in [0, 0.1) is 5.82 Å². The normalized spacial score (nSPS) is 10.9. The zero-order chi connectivity index (χ0) is 19.0. The van der Waals surface area contributed by atoms with E-state index in [1.165, 1.54) is 41.2 Å². The van der Waals surface area contributed by atoms with Crippen LogP contribution >= 0.6 is 0 Å². The van der Waals surface area contributed by atoms with Crippen molar-refractivity contribution in [3.8, 4) is 17.4 Å². The third-order valence-electron chi connectivity index (χ3n) is 3.76. The minimum Gasteiger partial charge on any atom is -0.478 e. The molecule has 4 aromatic rings. The van der Waals surface area contributed by atoms with E-state index in [4.69, 9.17) is 9.84 Å². The van der Waals surface area contributed by atoms with E-state index in [0.29, 0.717) is 17.0 Å². The summed E-state index contributed by atoms with van der Waals surface area (Å²) in [5.74, 6) is -0.603. The molecule has 0 atom stereocenters. The number of carbonyl (C=O) groups is 1. The van der Waals surface area contributed by atoms with Crippen LogP contribution in [0.1, 0.15) is 10.4 Å². The van der Waals surface area contributed by atoms with Gasteiger partial charge in [-0.05, 0) is 42.5 Å². The molecular formula is C18H11FN4O4. The lowest BCUT2D eigenvalue weighted by molar-refractivity contribution is 0.0697. The molecule has 0 bridgehead atoms. The van der Waals surface area contributed by atoms with Crippen LogP contribution in [0.15, 0.2) is 59.7 Å². The van der Waals surface area contributed by atoms with E-state index in [0.717, 1.165) is 6.20 Å². The maximum absolute atomic E-state index is 13.0. The highest BCUT2D eigenvalue weighted by Crippen LogP contribution is 2.24. The smallest absolute Gasteiger partial charge is 0.338 e. The lowest BCUT2D eigenvalue weighted by Gasteiger charge is -2.07. The maximum atomic E-state index is 13.0. The molecule has 0 aliphatic rings. The number of hydrogen-bond acceptors (Lipinski definition) is 5. The molecule has 8 nitrogen and oxygen atoms in total. The van der Waals surface area contributed by atoms with Crippen LogP contribution in [0.5, 0.6) is 11.5 Å². The zero-order valence-electron chi connectivity index (χ0n) is 13.6. The van der Waals surface area contributed by atoms with Crippen LogP contribution in [-0.2, 0) is 0 Å². The van der Waals surface area contributed by atoms with Crippen molar-refractivity contribution in [3.63, 3.8) is 0 Å². The molecule has 27 heavy (non-hydrogen) atoms. The maximum Gasteiger partial charge on any atom is 0.338 e. The Balaban J connectivity index is 1.70. The second kappa shape index (κ2) is 6.37. The van der Waals surface area contributed by atoms with Crippen LogP contribution in [0.2, 0.25) is 0 Å². The summed E-state index contributed by atoms with van der Waals surface area (Å²) in [6, 6.07) is 10.2. The molecule has 0 saturated heterocycles. The summed E-state index contributed by atoms with van der Waals surface area (Å²) in [6.45, 7) is 0. The predicted molar refractivity (Wildman–Crippen MR) is 92.9 cm³/mol. The van der Waals surface area contributed by atoms with Gasteiger partial charge in [-0.15, -0.1) is 0 Å². The number of ether oxygens (including phenoxy) is 1. The Bertz CT molecular complexity index is 1210. The number of halogens is 1. The van der Waals surface area contributed by atoms with Crippen LogP contribution in [0.25, 0.3) is 16.9 Å². The number of aromatic amines is 1.